The topological polar surface area (TPSA) is 9.23 Å². The quantitative estimate of drug-likeness (QED) is 0.326. The third kappa shape index (κ3) is 9.25. The maximum absolute atomic E-state index is 6.34. The summed E-state index contributed by atoms with van der Waals surface area (Å²) in [6, 6.07) is 0. The zero-order chi connectivity index (χ0) is 15.4. The van der Waals surface area contributed by atoms with Gasteiger partial charge in [-0.15, -0.1) is 0 Å². The first-order valence-electron chi connectivity index (χ1n) is 7.90. The van der Waals surface area contributed by atoms with Crippen LogP contribution in [0, 0.1) is 5.92 Å². The van der Waals surface area contributed by atoms with Gasteiger partial charge in [-0.3, -0.25) is 0 Å². The maximum Gasteiger partial charge on any atom is 0.134 e. The highest BCUT2D eigenvalue weighted by atomic mass is 35.5. The number of allylic oxidation sites excluding steroid dienone is 5. The number of ether oxygens (including phenoxy) is 1. The Hall–Kier alpha value is -0.690. The van der Waals surface area contributed by atoms with Gasteiger partial charge in [0.15, 0.2) is 0 Å². The van der Waals surface area contributed by atoms with Gasteiger partial charge in [0, 0.05) is 0 Å². The van der Waals surface area contributed by atoms with E-state index >= 15 is 0 Å². The lowest BCUT2D eigenvalue weighted by Gasteiger charge is -2.22. The second kappa shape index (κ2) is 12.1. The molecule has 0 bridgehead atoms. The van der Waals surface area contributed by atoms with Crippen molar-refractivity contribution in [2.24, 2.45) is 5.92 Å². The van der Waals surface area contributed by atoms with Crippen LogP contribution in [-0.4, -0.2) is 6.10 Å². The molecule has 0 aromatic heterocycles. The molecule has 0 heterocycles. The Morgan fingerprint density at radius 3 is 2.45 bits per heavy atom. The molecule has 0 amide bonds. The largest absolute Gasteiger partial charge is 0.489 e. The van der Waals surface area contributed by atoms with Gasteiger partial charge in [-0.05, 0) is 44.3 Å². The summed E-state index contributed by atoms with van der Waals surface area (Å²) in [4.78, 5) is 0. The second-order valence-corrected chi connectivity index (χ2v) is 5.94. The van der Waals surface area contributed by atoms with Crippen LogP contribution in [0.15, 0.2) is 35.1 Å². The summed E-state index contributed by atoms with van der Waals surface area (Å²) >= 11 is 6.34. The van der Waals surface area contributed by atoms with Gasteiger partial charge in [-0.1, -0.05) is 64.3 Å². The molecular formula is C18H31ClO. The predicted octanol–water partition coefficient (Wildman–Crippen LogP) is 6.60. The van der Waals surface area contributed by atoms with Gasteiger partial charge in [-0.2, -0.15) is 0 Å². The predicted molar refractivity (Wildman–Crippen MR) is 91.0 cm³/mol. The fourth-order valence-corrected chi connectivity index (χ4v) is 2.21. The lowest BCUT2D eigenvalue weighted by molar-refractivity contribution is 0.0935. The molecule has 0 spiro atoms. The summed E-state index contributed by atoms with van der Waals surface area (Å²) in [5, 5.41) is 0.690. The monoisotopic (exact) mass is 298 g/mol. The fraction of sp³-hybridized carbons (Fsp3) is 0.667. The van der Waals surface area contributed by atoms with E-state index in [0.717, 1.165) is 25.0 Å². The molecule has 2 heteroatoms. The Balaban J connectivity index is 4.85. The summed E-state index contributed by atoms with van der Waals surface area (Å²) in [5.41, 5.74) is 0. The Morgan fingerprint density at radius 2 is 1.95 bits per heavy atom. The van der Waals surface area contributed by atoms with E-state index in [2.05, 4.69) is 33.8 Å². The zero-order valence-electron chi connectivity index (χ0n) is 13.8. The Kier molecular flexibility index (Phi) is 11.7. The molecule has 0 fully saturated rings. The minimum absolute atomic E-state index is 0.264. The maximum atomic E-state index is 6.34. The lowest BCUT2D eigenvalue weighted by atomic mass is 10.0. The van der Waals surface area contributed by atoms with Gasteiger partial charge in [-0.25, -0.2) is 0 Å². The summed E-state index contributed by atoms with van der Waals surface area (Å²) < 4.78 is 6.19. The zero-order valence-corrected chi connectivity index (χ0v) is 14.5. The summed E-state index contributed by atoms with van der Waals surface area (Å²) in [7, 11) is 0. The molecule has 0 radical (unpaired) electrons. The van der Waals surface area contributed by atoms with E-state index in [-0.39, 0.29) is 6.10 Å². The number of halogens is 1. The minimum Gasteiger partial charge on any atom is -0.489 e. The number of rotatable bonds is 10. The molecule has 0 aromatic rings. The molecule has 0 aliphatic heterocycles. The first kappa shape index (κ1) is 19.3. The van der Waals surface area contributed by atoms with Crippen molar-refractivity contribution in [2.45, 2.75) is 72.8 Å². The molecular weight excluding hydrogens is 268 g/mol. The number of hydrogen-bond donors (Lipinski definition) is 0. The van der Waals surface area contributed by atoms with E-state index in [1.165, 1.54) is 12.8 Å². The van der Waals surface area contributed by atoms with Crippen molar-refractivity contribution in [3.8, 4) is 0 Å². The molecule has 0 aliphatic carbocycles. The van der Waals surface area contributed by atoms with E-state index in [1.54, 1.807) is 0 Å². The highest BCUT2D eigenvalue weighted by molar-refractivity contribution is 6.31. The van der Waals surface area contributed by atoms with Gasteiger partial charge in [0.05, 0.1) is 11.1 Å². The molecule has 20 heavy (non-hydrogen) atoms. The van der Waals surface area contributed by atoms with Crippen LogP contribution in [0.25, 0.3) is 0 Å². The van der Waals surface area contributed by atoms with Crippen molar-refractivity contribution in [1.29, 1.82) is 0 Å². The highest BCUT2D eigenvalue weighted by Gasteiger charge is 2.15. The highest BCUT2D eigenvalue weighted by Crippen LogP contribution is 2.24. The third-order valence-electron chi connectivity index (χ3n) is 2.97. The smallest absolute Gasteiger partial charge is 0.134 e. The Morgan fingerprint density at radius 1 is 1.25 bits per heavy atom. The van der Waals surface area contributed by atoms with Crippen molar-refractivity contribution in [2.75, 3.05) is 0 Å². The van der Waals surface area contributed by atoms with E-state index in [4.69, 9.17) is 16.3 Å². The summed E-state index contributed by atoms with van der Waals surface area (Å²) in [6.07, 6.45) is 13.7. The van der Waals surface area contributed by atoms with Crippen LogP contribution in [0.1, 0.15) is 66.7 Å². The van der Waals surface area contributed by atoms with Gasteiger partial charge in [0.1, 0.15) is 5.76 Å². The Labute approximate surface area is 130 Å². The van der Waals surface area contributed by atoms with E-state index in [9.17, 15) is 0 Å². The molecule has 0 saturated carbocycles. The average Bonchev–Trinajstić information content (AvgIpc) is 2.40. The first-order valence-corrected chi connectivity index (χ1v) is 8.28. The molecule has 116 valence electrons. The van der Waals surface area contributed by atoms with Crippen molar-refractivity contribution < 1.29 is 4.74 Å². The normalized spacial score (nSPS) is 15.2. The van der Waals surface area contributed by atoms with Crippen LogP contribution < -0.4 is 0 Å². The van der Waals surface area contributed by atoms with Crippen LogP contribution in [0.3, 0.4) is 0 Å². The fourth-order valence-electron chi connectivity index (χ4n) is 2.01. The van der Waals surface area contributed by atoms with Crippen molar-refractivity contribution in [3.05, 3.63) is 35.1 Å². The first-order chi connectivity index (χ1) is 9.54. The molecule has 1 nitrogen and oxygen atoms in total. The van der Waals surface area contributed by atoms with Crippen LogP contribution >= 0.6 is 11.6 Å². The summed E-state index contributed by atoms with van der Waals surface area (Å²) in [6.45, 7) is 10.8. The van der Waals surface area contributed by atoms with E-state index in [1.807, 2.05) is 25.2 Å². The van der Waals surface area contributed by atoms with E-state index < -0.39 is 0 Å². The SMILES string of the molecule is C\C=C/C=C(Cl)\C(=C\CC)OC(CCCC)CC(C)C. The summed E-state index contributed by atoms with van der Waals surface area (Å²) in [5.74, 6) is 1.46. The standard InChI is InChI=1S/C18H31ClO/c1-6-9-12-16(14-15(4)5)20-18(11-8-3)17(19)13-10-7-2/h7,10-11,13,15-16H,6,8-9,12,14H2,1-5H3/b10-7-,17-13+,18-11-. The van der Waals surface area contributed by atoms with Gasteiger partial charge < -0.3 is 4.74 Å². The van der Waals surface area contributed by atoms with Crippen molar-refractivity contribution in [3.63, 3.8) is 0 Å². The number of unbranched alkanes of at least 4 members (excludes halogenated alkanes) is 1. The van der Waals surface area contributed by atoms with Crippen LogP contribution in [0.4, 0.5) is 0 Å². The van der Waals surface area contributed by atoms with Crippen LogP contribution in [0.2, 0.25) is 0 Å². The molecule has 1 atom stereocenters. The molecule has 0 aromatic carbocycles. The van der Waals surface area contributed by atoms with Crippen LogP contribution in [0.5, 0.6) is 0 Å². The van der Waals surface area contributed by atoms with Gasteiger partial charge in [0.2, 0.25) is 0 Å². The molecule has 0 aliphatic rings. The lowest BCUT2D eigenvalue weighted by Crippen LogP contribution is -2.16. The molecule has 0 saturated heterocycles. The average molecular weight is 299 g/mol. The van der Waals surface area contributed by atoms with Crippen LogP contribution in [-0.2, 0) is 4.74 Å². The van der Waals surface area contributed by atoms with Gasteiger partial charge in [0.25, 0.3) is 0 Å². The minimum atomic E-state index is 0.264. The van der Waals surface area contributed by atoms with E-state index in [0.29, 0.717) is 11.0 Å². The molecule has 1 unspecified atom stereocenters. The third-order valence-corrected chi connectivity index (χ3v) is 3.28. The second-order valence-electron chi connectivity index (χ2n) is 5.53. The van der Waals surface area contributed by atoms with Crippen molar-refractivity contribution >= 4 is 11.6 Å². The van der Waals surface area contributed by atoms with Crippen molar-refractivity contribution in [1.82, 2.24) is 0 Å². The van der Waals surface area contributed by atoms with Gasteiger partial charge >= 0.3 is 0 Å². The Bertz CT molecular complexity index is 326. The molecule has 0 N–H and O–H groups in total. The molecule has 0 rings (SSSR count). The number of hydrogen-bond acceptors (Lipinski definition) is 1.